The van der Waals surface area contributed by atoms with Crippen molar-refractivity contribution in [3.05, 3.63) is 143 Å². The summed E-state index contributed by atoms with van der Waals surface area (Å²) in [5.74, 6) is -0.259. The third kappa shape index (κ3) is 3.87. The molecule has 0 spiro atoms. The Hall–Kier alpha value is -1.34. The zero-order valence-electron chi connectivity index (χ0n) is 21.2. The summed E-state index contributed by atoms with van der Waals surface area (Å²) in [5, 5.41) is 8.29. The van der Waals surface area contributed by atoms with Crippen LogP contribution in [0.15, 0.2) is 109 Å². The van der Waals surface area contributed by atoms with Crippen molar-refractivity contribution >= 4 is 55.2 Å². The molecule has 196 valence electrons. The van der Waals surface area contributed by atoms with E-state index in [4.69, 9.17) is 0 Å². The summed E-state index contributed by atoms with van der Waals surface area (Å²) in [5.41, 5.74) is 9.09. The van der Waals surface area contributed by atoms with Crippen LogP contribution in [0.2, 0.25) is 0 Å². The van der Waals surface area contributed by atoms with E-state index in [2.05, 4.69) is 151 Å². The third-order valence-corrected chi connectivity index (χ3v) is 59.4. The monoisotopic (exact) mass is 636 g/mol. The standard InChI is InChI=1S/C30H28N2P4S3/c1-3-13-25(14-4-1)29(27-17-9-7-11-23(27)19-21-31-29)33-35-34(38-36(37-33)39-35)30(26-15-5-2-6-16-26)28-18-10-8-12-24(28)20-22-32-30/h1-18,31-32H,19-22H2/t29-,30-,33?,34?,35?,36?/m0/s1. The van der Waals surface area contributed by atoms with Crippen molar-refractivity contribution in [2.24, 2.45) is 0 Å². The van der Waals surface area contributed by atoms with Gasteiger partial charge < -0.3 is 0 Å². The Balaban J connectivity index is 1.45. The molecule has 2 nitrogen and oxygen atoms in total. The van der Waals surface area contributed by atoms with Gasteiger partial charge in [-0.2, -0.15) is 0 Å². The summed E-state index contributed by atoms with van der Waals surface area (Å²) in [6, 6.07) is 41.6. The van der Waals surface area contributed by atoms with Crippen molar-refractivity contribution < 1.29 is 0 Å². The van der Waals surface area contributed by atoms with E-state index in [0.717, 1.165) is 25.9 Å². The lowest BCUT2D eigenvalue weighted by molar-refractivity contribution is 0.520. The Bertz CT molecular complexity index is 1670. The molecule has 2 aliphatic heterocycles. The first-order chi connectivity index (χ1) is 19.3. The SMILES string of the molecule is c1ccc([C@@]2(p3sp4sp([C@]5(c6ccccc6)NCCc6ccccc65)p3s4)NCCc3ccccc32)cc1. The van der Waals surface area contributed by atoms with Crippen LogP contribution >= 0.6 is 55.2 Å². The van der Waals surface area contributed by atoms with Gasteiger partial charge in [-0.1, -0.05) is 141 Å². The van der Waals surface area contributed by atoms with Crippen LogP contribution in [0.4, 0.5) is 0 Å². The maximum Gasteiger partial charge on any atom is 0.122 e. The third-order valence-electron chi connectivity index (χ3n) is 8.06. The quantitative estimate of drug-likeness (QED) is 0.201. The van der Waals surface area contributed by atoms with E-state index in [-0.39, 0.29) is 34.1 Å². The largest absolute Gasteiger partial charge is 0.296 e. The van der Waals surface area contributed by atoms with Crippen LogP contribution < -0.4 is 10.6 Å². The molecule has 4 heterocycles. The maximum absolute atomic E-state index is 4.23. The van der Waals surface area contributed by atoms with Gasteiger partial charge in [-0.3, -0.25) is 10.6 Å². The molecule has 4 aromatic carbocycles. The van der Waals surface area contributed by atoms with Gasteiger partial charge in [0.1, 0.15) is 10.6 Å². The van der Waals surface area contributed by atoms with Crippen LogP contribution in [0.25, 0.3) is 0 Å². The van der Waals surface area contributed by atoms with E-state index in [1.807, 2.05) is 0 Å². The first kappa shape index (κ1) is 25.4. The van der Waals surface area contributed by atoms with Crippen molar-refractivity contribution in [1.29, 1.82) is 0 Å². The van der Waals surface area contributed by atoms with Crippen LogP contribution in [0, 0.1) is 0 Å². The highest BCUT2D eigenvalue weighted by Gasteiger charge is 2.47. The van der Waals surface area contributed by atoms with Crippen LogP contribution in [0.5, 0.6) is 0 Å². The molecule has 2 aliphatic rings. The van der Waals surface area contributed by atoms with Gasteiger partial charge in [0.05, 0.1) is 4.88 Å². The van der Waals surface area contributed by atoms with Crippen molar-refractivity contribution in [3.63, 3.8) is 0 Å². The summed E-state index contributed by atoms with van der Waals surface area (Å²) < 4.78 is 0. The molecular formula is C30H28N2P4S3. The molecule has 2 N–H and O–H groups in total. The summed E-state index contributed by atoms with van der Waals surface area (Å²) in [6.45, 7) is 2.10. The van der Waals surface area contributed by atoms with Gasteiger partial charge >= 0.3 is 0 Å². The molecule has 0 aliphatic carbocycles. The van der Waals surface area contributed by atoms with Gasteiger partial charge in [0, 0.05) is 31.7 Å². The van der Waals surface area contributed by atoms with Crippen LogP contribution in [-0.2, 0) is 23.4 Å². The van der Waals surface area contributed by atoms with E-state index < -0.39 is 0 Å². The smallest absolute Gasteiger partial charge is 0.122 e. The predicted octanol–water partition coefficient (Wildman–Crippen LogP) is 10.5. The van der Waals surface area contributed by atoms with Gasteiger partial charge in [0.2, 0.25) is 0 Å². The number of rotatable bonds is 4. The molecule has 0 fully saturated rings. The average molecular weight is 637 g/mol. The second-order valence-electron chi connectivity index (χ2n) is 10.1. The molecule has 0 radical (unpaired) electrons. The molecule has 4 atom stereocenters. The summed E-state index contributed by atoms with van der Waals surface area (Å²) in [7, 11) is 7.16. The van der Waals surface area contributed by atoms with E-state index in [1.54, 1.807) is 11.1 Å². The molecule has 6 aromatic rings. The zero-order chi connectivity index (χ0) is 25.9. The molecule has 0 saturated carbocycles. The molecular weight excluding hydrogens is 608 g/mol. The lowest BCUT2D eigenvalue weighted by Gasteiger charge is -2.43. The maximum atomic E-state index is 4.23. The minimum absolute atomic E-state index is 0.0838. The first-order valence-electron chi connectivity index (χ1n) is 13.3. The Kier molecular flexibility index (Phi) is 6.63. The second kappa shape index (κ2) is 10.2. The fourth-order valence-electron chi connectivity index (χ4n) is 6.38. The van der Waals surface area contributed by atoms with Gasteiger partial charge in [-0.25, -0.2) is 0 Å². The highest BCUT2D eigenvalue weighted by Crippen LogP contribution is 2.89. The minimum atomic E-state index is -0.370. The minimum Gasteiger partial charge on any atom is -0.296 e. The fraction of sp³-hybridized carbons (Fsp3) is 0.200. The van der Waals surface area contributed by atoms with Crippen molar-refractivity contribution in [2.45, 2.75) is 23.4 Å². The van der Waals surface area contributed by atoms with Gasteiger partial charge in [0.25, 0.3) is 0 Å². The zero-order valence-corrected chi connectivity index (χ0v) is 27.3. The van der Waals surface area contributed by atoms with Gasteiger partial charge in [-0.05, 0) is 46.2 Å². The number of fused-ring (bicyclic) bond motifs is 4. The van der Waals surface area contributed by atoms with E-state index in [0.29, 0.717) is 0 Å². The predicted molar refractivity (Wildman–Crippen MR) is 178 cm³/mol. The fourth-order valence-corrected chi connectivity index (χ4v) is 99.1. The summed E-state index contributed by atoms with van der Waals surface area (Å²) >= 11 is 0. The lowest BCUT2D eigenvalue weighted by Crippen LogP contribution is -2.45. The topological polar surface area (TPSA) is 24.1 Å². The van der Waals surface area contributed by atoms with Crippen LogP contribution in [0.3, 0.4) is 0 Å². The number of benzene rings is 4. The highest BCUT2D eigenvalue weighted by atomic mass is 33.4. The molecule has 2 bridgehead atoms. The molecule has 0 saturated heterocycles. The molecule has 39 heavy (non-hydrogen) atoms. The number of nitrogens with one attached hydrogen (secondary N) is 2. The van der Waals surface area contributed by atoms with E-state index >= 15 is 0 Å². The Morgan fingerprint density at radius 3 is 1.41 bits per heavy atom. The molecule has 2 aromatic heterocycles. The van der Waals surface area contributed by atoms with Gasteiger partial charge in [0.15, 0.2) is 0 Å². The summed E-state index contributed by atoms with van der Waals surface area (Å²) in [6.07, 6.45) is 1.49. The van der Waals surface area contributed by atoms with Crippen LogP contribution in [-0.4, -0.2) is 13.1 Å². The average Bonchev–Trinajstić information content (AvgIpc) is 3.63. The Morgan fingerprint density at radius 1 is 0.513 bits per heavy atom. The second-order valence-corrected chi connectivity index (χ2v) is 37.5. The normalized spacial score (nSPS) is 24.3. The van der Waals surface area contributed by atoms with Gasteiger partial charge in [-0.15, -0.1) is 0 Å². The lowest BCUT2D eigenvalue weighted by atomic mass is 9.89. The van der Waals surface area contributed by atoms with E-state index in [1.165, 1.54) is 22.3 Å². The van der Waals surface area contributed by atoms with Crippen LogP contribution in [0.1, 0.15) is 33.4 Å². The number of hydrogen-bond donors (Lipinski definition) is 2. The Labute approximate surface area is 243 Å². The molecule has 0 amide bonds. The van der Waals surface area contributed by atoms with E-state index in [9.17, 15) is 0 Å². The Morgan fingerprint density at radius 2 is 0.949 bits per heavy atom. The van der Waals surface area contributed by atoms with Crippen molar-refractivity contribution in [2.75, 3.05) is 13.1 Å². The first-order valence-corrected chi connectivity index (χ1v) is 26.2. The molecule has 8 rings (SSSR count). The van der Waals surface area contributed by atoms with Crippen molar-refractivity contribution in [1.82, 2.24) is 10.6 Å². The van der Waals surface area contributed by atoms with Crippen molar-refractivity contribution in [3.8, 4) is 0 Å². The molecule has 2 unspecified atom stereocenters. The summed E-state index contributed by atoms with van der Waals surface area (Å²) in [4.78, 5) is -0.164. The number of hydrogen-bond acceptors (Lipinski definition) is 5. The highest BCUT2D eigenvalue weighted by molar-refractivity contribution is 8.80. The molecule has 9 heteroatoms.